The van der Waals surface area contributed by atoms with E-state index < -0.39 is 0 Å². The molecule has 20 heavy (non-hydrogen) atoms. The van der Waals surface area contributed by atoms with Crippen molar-refractivity contribution in [2.45, 2.75) is 32.2 Å². The van der Waals surface area contributed by atoms with Crippen LogP contribution in [0.5, 0.6) is 0 Å². The molecule has 2 aromatic rings. The van der Waals surface area contributed by atoms with Crippen molar-refractivity contribution in [1.82, 2.24) is 9.55 Å². The normalized spacial score (nSPS) is 20.7. The van der Waals surface area contributed by atoms with Crippen LogP contribution in [0.2, 0.25) is 0 Å². The zero-order chi connectivity index (χ0) is 14.3. The molecule has 1 aromatic heterocycles. The lowest BCUT2D eigenvalue weighted by molar-refractivity contribution is 0.182. The molecule has 3 nitrogen and oxygen atoms in total. The molecule has 0 N–H and O–H groups in total. The molecule has 1 saturated heterocycles. The summed E-state index contributed by atoms with van der Waals surface area (Å²) in [6.45, 7) is 6.09. The van der Waals surface area contributed by atoms with E-state index in [1.54, 1.807) is 6.92 Å². The standard InChI is InChI=1S/C15H18ClFN2O/c1-9-5-14-13(6-12(9)17)18-15(10(2)16)19(14)7-11-3-4-20-8-11/h5-6,10-11H,3-4,7-8H2,1-2H3. The summed E-state index contributed by atoms with van der Waals surface area (Å²) in [5.41, 5.74) is 2.27. The molecular formula is C15H18ClFN2O. The van der Waals surface area contributed by atoms with Crippen LogP contribution in [0.15, 0.2) is 12.1 Å². The fourth-order valence-electron chi connectivity index (χ4n) is 2.75. The second-order valence-corrected chi connectivity index (χ2v) is 6.17. The van der Waals surface area contributed by atoms with Crippen LogP contribution in [-0.2, 0) is 11.3 Å². The van der Waals surface area contributed by atoms with Gasteiger partial charge in [-0.1, -0.05) is 0 Å². The van der Waals surface area contributed by atoms with E-state index in [1.807, 2.05) is 13.0 Å². The molecule has 108 valence electrons. The summed E-state index contributed by atoms with van der Waals surface area (Å²) in [4.78, 5) is 4.51. The molecule has 0 aliphatic carbocycles. The number of benzene rings is 1. The van der Waals surface area contributed by atoms with Crippen molar-refractivity contribution in [2.75, 3.05) is 13.2 Å². The minimum atomic E-state index is -0.222. The van der Waals surface area contributed by atoms with Crippen molar-refractivity contribution in [3.8, 4) is 0 Å². The first-order valence-corrected chi connectivity index (χ1v) is 7.38. The lowest BCUT2D eigenvalue weighted by atomic mass is 10.1. The second kappa shape index (κ2) is 5.34. The van der Waals surface area contributed by atoms with Crippen molar-refractivity contribution in [3.05, 3.63) is 29.3 Å². The summed E-state index contributed by atoms with van der Waals surface area (Å²) >= 11 is 6.24. The molecule has 2 atom stereocenters. The van der Waals surface area contributed by atoms with Gasteiger partial charge in [-0.15, -0.1) is 11.6 Å². The SMILES string of the molecule is Cc1cc2c(cc1F)nc(C(C)Cl)n2CC1CCOC1. The Morgan fingerprint density at radius 2 is 2.35 bits per heavy atom. The van der Waals surface area contributed by atoms with Gasteiger partial charge in [0.2, 0.25) is 0 Å². The van der Waals surface area contributed by atoms with Crippen molar-refractivity contribution in [2.24, 2.45) is 5.92 Å². The number of fused-ring (bicyclic) bond motifs is 1. The number of imidazole rings is 1. The highest BCUT2D eigenvalue weighted by Crippen LogP contribution is 2.28. The number of alkyl halides is 1. The minimum absolute atomic E-state index is 0.201. The predicted octanol–water partition coefficient (Wildman–Crippen LogP) is 3.82. The van der Waals surface area contributed by atoms with E-state index in [1.165, 1.54) is 6.07 Å². The molecule has 0 saturated carbocycles. The Hall–Kier alpha value is -1.13. The highest BCUT2D eigenvalue weighted by Gasteiger charge is 2.22. The smallest absolute Gasteiger partial charge is 0.128 e. The van der Waals surface area contributed by atoms with Gasteiger partial charge in [0.1, 0.15) is 11.6 Å². The van der Waals surface area contributed by atoms with Crippen LogP contribution in [0.25, 0.3) is 11.0 Å². The van der Waals surface area contributed by atoms with E-state index in [2.05, 4.69) is 9.55 Å². The van der Waals surface area contributed by atoms with Crippen molar-refractivity contribution < 1.29 is 9.13 Å². The van der Waals surface area contributed by atoms with Gasteiger partial charge in [-0.3, -0.25) is 0 Å². The molecule has 0 bridgehead atoms. The Morgan fingerprint density at radius 1 is 1.55 bits per heavy atom. The Kier molecular flexibility index (Phi) is 3.69. The maximum absolute atomic E-state index is 13.7. The van der Waals surface area contributed by atoms with Crippen LogP contribution < -0.4 is 0 Å². The molecule has 1 fully saturated rings. The number of ether oxygens (including phenoxy) is 1. The van der Waals surface area contributed by atoms with Gasteiger partial charge >= 0.3 is 0 Å². The number of rotatable bonds is 3. The van der Waals surface area contributed by atoms with E-state index in [4.69, 9.17) is 16.3 Å². The molecule has 3 rings (SSSR count). The van der Waals surface area contributed by atoms with Crippen LogP contribution in [0, 0.1) is 18.7 Å². The molecule has 5 heteroatoms. The maximum atomic E-state index is 13.7. The van der Waals surface area contributed by atoms with Gasteiger partial charge in [0.25, 0.3) is 0 Å². The van der Waals surface area contributed by atoms with E-state index in [-0.39, 0.29) is 11.2 Å². The summed E-state index contributed by atoms with van der Waals surface area (Å²) in [5, 5.41) is -0.201. The summed E-state index contributed by atoms with van der Waals surface area (Å²) < 4.78 is 21.3. The van der Waals surface area contributed by atoms with Gasteiger partial charge < -0.3 is 9.30 Å². The number of aryl methyl sites for hydroxylation is 1. The molecule has 0 radical (unpaired) electrons. The van der Waals surface area contributed by atoms with Gasteiger partial charge in [-0.05, 0) is 31.9 Å². The maximum Gasteiger partial charge on any atom is 0.128 e. The van der Waals surface area contributed by atoms with Crippen LogP contribution in [0.1, 0.15) is 30.1 Å². The molecule has 0 spiro atoms. The number of hydrogen-bond acceptors (Lipinski definition) is 2. The average molecular weight is 297 g/mol. The molecular weight excluding hydrogens is 279 g/mol. The molecule has 1 aliphatic rings. The second-order valence-electron chi connectivity index (χ2n) is 5.52. The number of aromatic nitrogens is 2. The van der Waals surface area contributed by atoms with Crippen LogP contribution in [0.3, 0.4) is 0 Å². The Bertz CT molecular complexity index is 632. The van der Waals surface area contributed by atoms with Crippen molar-refractivity contribution in [3.63, 3.8) is 0 Å². The third kappa shape index (κ3) is 2.42. The van der Waals surface area contributed by atoms with Crippen LogP contribution in [0.4, 0.5) is 4.39 Å². The van der Waals surface area contributed by atoms with Crippen LogP contribution in [-0.4, -0.2) is 22.8 Å². The number of hydrogen-bond donors (Lipinski definition) is 0. The van der Waals surface area contributed by atoms with Gasteiger partial charge in [0, 0.05) is 25.1 Å². The van der Waals surface area contributed by atoms with Crippen molar-refractivity contribution in [1.29, 1.82) is 0 Å². The number of nitrogens with zero attached hydrogens (tertiary/aromatic N) is 2. The molecule has 2 unspecified atom stereocenters. The lowest BCUT2D eigenvalue weighted by Crippen LogP contribution is -2.13. The van der Waals surface area contributed by atoms with E-state index in [0.717, 1.165) is 37.5 Å². The van der Waals surface area contributed by atoms with Gasteiger partial charge in [0.05, 0.1) is 23.0 Å². The summed E-state index contributed by atoms with van der Waals surface area (Å²) in [6.07, 6.45) is 1.05. The van der Waals surface area contributed by atoms with Crippen molar-refractivity contribution >= 4 is 22.6 Å². The first-order valence-electron chi connectivity index (χ1n) is 6.94. The van der Waals surface area contributed by atoms with E-state index in [0.29, 0.717) is 17.0 Å². The summed E-state index contributed by atoms with van der Waals surface area (Å²) in [6, 6.07) is 3.35. The van der Waals surface area contributed by atoms with E-state index in [9.17, 15) is 4.39 Å². The Balaban J connectivity index is 2.10. The number of halogens is 2. The first kappa shape index (κ1) is 13.8. The highest BCUT2D eigenvalue weighted by molar-refractivity contribution is 6.20. The zero-order valence-corrected chi connectivity index (χ0v) is 12.5. The fraction of sp³-hybridized carbons (Fsp3) is 0.533. The van der Waals surface area contributed by atoms with E-state index >= 15 is 0 Å². The molecule has 2 heterocycles. The lowest BCUT2D eigenvalue weighted by Gasteiger charge is -2.14. The van der Waals surface area contributed by atoms with Gasteiger partial charge in [-0.2, -0.15) is 0 Å². The molecule has 0 amide bonds. The molecule has 1 aliphatic heterocycles. The Morgan fingerprint density at radius 3 is 3.00 bits per heavy atom. The topological polar surface area (TPSA) is 27.1 Å². The Labute approximate surface area is 122 Å². The molecule has 1 aromatic carbocycles. The largest absolute Gasteiger partial charge is 0.381 e. The minimum Gasteiger partial charge on any atom is -0.381 e. The summed E-state index contributed by atoms with van der Waals surface area (Å²) in [7, 11) is 0. The highest BCUT2D eigenvalue weighted by atomic mass is 35.5. The third-order valence-corrected chi connectivity index (χ3v) is 4.07. The zero-order valence-electron chi connectivity index (χ0n) is 11.7. The quantitative estimate of drug-likeness (QED) is 0.805. The van der Waals surface area contributed by atoms with Crippen LogP contribution >= 0.6 is 11.6 Å². The monoisotopic (exact) mass is 296 g/mol. The average Bonchev–Trinajstić information content (AvgIpc) is 3.00. The van der Waals surface area contributed by atoms with Gasteiger partial charge in [0.15, 0.2) is 0 Å². The summed E-state index contributed by atoms with van der Waals surface area (Å²) in [5.74, 6) is 1.06. The predicted molar refractivity (Wildman–Crippen MR) is 77.6 cm³/mol. The van der Waals surface area contributed by atoms with Gasteiger partial charge in [-0.25, -0.2) is 9.37 Å². The third-order valence-electron chi connectivity index (χ3n) is 3.88. The fourth-order valence-corrected chi connectivity index (χ4v) is 2.92. The first-order chi connectivity index (χ1) is 9.56.